The third kappa shape index (κ3) is 4.45. The molecule has 0 aliphatic carbocycles. The normalized spacial score (nSPS) is 12.4. The fraction of sp³-hybridized carbons (Fsp3) is 0.300. The standard InChI is InChI=1S/C20H24N4O/c1-24(2)18(15-8-4-3-5-9-15)14-21-20(25)13-12-19-22-16-10-6-7-11-17(16)23-19/h3-11,18H,12-14H2,1-2H3,(H,21,25)(H,22,23). The monoisotopic (exact) mass is 336 g/mol. The predicted octanol–water partition coefficient (Wildman–Crippen LogP) is 2.91. The Balaban J connectivity index is 1.53. The molecule has 130 valence electrons. The van der Waals surface area contributed by atoms with Gasteiger partial charge in [-0.15, -0.1) is 0 Å². The molecule has 25 heavy (non-hydrogen) atoms. The Morgan fingerprint density at radius 2 is 1.84 bits per heavy atom. The van der Waals surface area contributed by atoms with Crippen LogP contribution in [-0.2, 0) is 11.2 Å². The van der Waals surface area contributed by atoms with E-state index in [9.17, 15) is 4.79 Å². The second-order valence-electron chi connectivity index (χ2n) is 6.39. The van der Waals surface area contributed by atoms with Crippen LogP contribution in [0.2, 0.25) is 0 Å². The molecular weight excluding hydrogens is 312 g/mol. The lowest BCUT2D eigenvalue weighted by Gasteiger charge is -2.25. The highest BCUT2D eigenvalue weighted by atomic mass is 16.1. The third-order valence-corrected chi connectivity index (χ3v) is 4.33. The van der Waals surface area contributed by atoms with E-state index in [0.717, 1.165) is 16.9 Å². The van der Waals surface area contributed by atoms with Crippen molar-refractivity contribution in [1.29, 1.82) is 0 Å². The number of carbonyl (C=O) groups is 1. The number of hydrogen-bond donors (Lipinski definition) is 2. The molecule has 0 saturated heterocycles. The van der Waals surface area contributed by atoms with E-state index in [1.165, 1.54) is 5.56 Å². The first-order chi connectivity index (χ1) is 12.1. The first-order valence-corrected chi connectivity index (χ1v) is 8.55. The molecule has 2 N–H and O–H groups in total. The van der Waals surface area contributed by atoms with Gasteiger partial charge in [-0.3, -0.25) is 4.79 Å². The zero-order valence-corrected chi connectivity index (χ0v) is 14.7. The predicted molar refractivity (Wildman–Crippen MR) is 100 cm³/mol. The van der Waals surface area contributed by atoms with Crippen LogP contribution in [0.1, 0.15) is 23.9 Å². The number of rotatable bonds is 7. The van der Waals surface area contributed by atoms with Gasteiger partial charge in [0, 0.05) is 19.4 Å². The quantitative estimate of drug-likeness (QED) is 0.697. The van der Waals surface area contributed by atoms with Crippen LogP contribution in [0, 0.1) is 0 Å². The van der Waals surface area contributed by atoms with Gasteiger partial charge < -0.3 is 15.2 Å². The number of carbonyl (C=O) groups excluding carboxylic acids is 1. The lowest BCUT2D eigenvalue weighted by molar-refractivity contribution is -0.121. The molecule has 1 heterocycles. The second kappa shape index (κ2) is 7.94. The molecule has 1 unspecified atom stereocenters. The maximum Gasteiger partial charge on any atom is 0.220 e. The fourth-order valence-electron chi connectivity index (χ4n) is 2.93. The smallest absolute Gasteiger partial charge is 0.220 e. The van der Waals surface area contributed by atoms with Gasteiger partial charge in [0.2, 0.25) is 5.91 Å². The van der Waals surface area contributed by atoms with Crippen LogP contribution in [0.3, 0.4) is 0 Å². The summed E-state index contributed by atoms with van der Waals surface area (Å²) in [7, 11) is 4.05. The zero-order valence-electron chi connectivity index (χ0n) is 14.7. The number of nitrogens with zero attached hydrogens (tertiary/aromatic N) is 2. The molecular formula is C20H24N4O. The molecule has 0 saturated carbocycles. The van der Waals surface area contributed by atoms with E-state index in [2.05, 4.69) is 32.3 Å². The van der Waals surface area contributed by atoms with Crippen LogP contribution in [-0.4, -0.2) is 41.4 Å². The first-order valence-electron chi connectivity index (χ1n) is 8.55. The molecule has 3 rings (SSSR count). The maximum absolute atomic E-state index is 12.2. The summed E-state index contributed by atoms with van der Waals surface area (Å²) >= 11 is 0. The maximum atomic E-state index is 12.2. The van der Waals surface area contributed by atoms with Crippen LogP contribution in [0.25, 0.3) is 11.0 Å². The van der Waals surface area contributed by atoms with Gasteiger partial charge in [0.15, 0.2) is 0 Å². The number of imidazole rings is 1. The summed E-state index contributed by atoms with van der Waals surface area (Å²) in [4.78, 5) is 22.1. The Morgan fingerprint density at radius 1 is 1.12 bits per heavy atom. The van der Waals surface area contributed by atoms with Crippen LogP contribution < -0.4 is 5.32 Å². The third-order valence-electron chi connectivity index (χ3n) is 4.33. The average molecular weight is 336 g/mol. The molecule has 1 aromatic heterocycles. The number of nitrogens with one attached hydrogen (secondary N) is 2. The lowest BCUT2D eigenvalue weighted by atomic mass is 10.1. The Bertz CT molecular complexity index is 793. The molecule has 0 aliphatic rings. The van der Waals surface area contributed by atoms with Crippen molar-refractivity contribution in [2.75, 3.05) is 20.6 Å². The molecule has 3 aromatic rings. The summed E-state index contributed by atoms with van der Waals surface area (Å²) in [5.41, 5.74) is 3.15. The van der Waals surface area contributed by atoms with Gasteiger partial charge in [0.1, 0.15) is 5.82 Å². The highest BCUT2D eigenvalue weighted by Gasteiger charge is 2.15. The Labute approximate surface area is 148 Å². The minimum absolute atomic E-state index is 0.0447. The number of para-hydroxylation sites is 2. The Kier molecular flexibility index (Phi) is 5.46. The highest BCUT2D eigenvalue weighted by Crippen LogP contribution is 2.17. The number of aromatic amines is 1. The number of likely N-dealkylation sites (N-methyl/N-ethyl adjacent to an activating group) is 1. The van der Waals surface area contributed by atoms with Crippen molar-refractivity contribution in [3.63, 3.8) is 0 Å². The second-order valence-corrected chi connectivity index (χ2v) is 6.39. The molecule has 0 spiro atoms. The van der Waals surface area contributed by atoms with Crippen LogP contribution in [0.5, 0.6) is 0 Å². The van der Waals surface area contributed by atoms with Crippen molar-refractivity contribution >= 4 is 16.9 Å². The van der Waals surface area contributed by atoms with Gasteiger partial charge in [-0.1, -0.05) is 42.5 Å². The van der Waals surface area contributed by atoms with Crippen LogP contribution in [0.15, 0.2) is 54.6 Å². The van der Waals surface area contributed by atoms with Crippen molar-refractivity contribution in [2.24, 2.45) is 0 Å². The summed E-state index contributed by atoms with van der Waals surface area (Å²) in [5.74, 6) is 0.895. The summed E-state index contributed by atoms with van der Waals surface area (Å²) in [6, 6.07) is 18.3. The number of fused-ring (bicyclic) bond motifs is 1. The molecule has 0 bridgehead atoms. The summed E-state index contributed by atoms with van der Waals surface area (Å²) in [5, 5.41) is 3.04. The molecule has 2 aromatic carbocycles. The number of hydrogen-bond acceptors (Lipinski definition) is 3. The molecule has 1 atom stereocenters. The number of aromatic nitrogens is 2. The van der Waals surface area contributed by atoms with Crippen molar-refractivity contribution in [1.82, 2.24) is 20.2 Å². The van der Waals surface area contributed by atoms with Gasteiger partial charge in [-0.05, 0) is 31.8 Å². The molecule has 0 fully saturated rings. The molecule has 1 amide bonds. The molecule has 0 radical (unpaired) electrons. The van der Waals surface area contributed by atoms with Crippen molar-refractivity contribution < 1.29 is 4.79 Å². The summed E-state index contributed by atoms with van der Waals surface area (Å²) < 4.78 is 0. The van der Waals surface area contributed by atoms with Crippen LogP contribution in [0.4, 0.5) is 0 Å². The number of benzene rings is 2. The van der Waals surface area contributed by atoms with E-state index in [1.807, 2.05) is 56.6 Å². The number of H-pyrrole nitrogens is 1. The van der Waals surface area contributed by atoms with E-state index >= 15 is 0 Å². The minimum Gasteiger partial charge on any atom is -0.354 e. The Hall–Kier alpha value is -2.66. The van der Waals surface area contributed by atoms with Crippen molar-refractivity contribution in [2.45, 2.75) is 18.9 Å². The van der Waals surface area contributed by atoms with Gasteiger partial charge in [0.05, 0.1) is 17.1 Å². The van der Waals surface area contributed by atoms with Crippen LogP contribution >= 0.6 is 0 Å². The van der Waals surface area contributed by atoms with Crippen molar-refractivity contribution in [3.05, 3.63) is 66.0 Å². The SMILES string of the molecule is CN(C)C(CNC(=O)CCc1nc2ccccc2[nH]1)c1ccccc1. The van der Waals surface area contributed by atoms with E-state index in [4.69, 9.17) is 0 Å². The Morgan fingerprint density at radius 3 is 2.56 bits per heavy atom. The number of amides is 1. The van der Waals surface area contributed by atoms with E-state index in [-0.39, 0.29) is 11.9 Å². The van der Waals surface area contributed by atoms with E-state index < -0.39 is 0 Å². The topological polar surface area (TPSA) is 61.0 Å². The van der Waals surface area contributed by atoms with E-state index in [1.54, 1.807) is 0 Å². The molecule has 5 nitrogen and oxygen atoms in total. The van der Waals surface area contributed by atoms with Gasteiger partial charge in [0.25, 0.3) is 0 Å². The highest BCUT2D eigenvalue weighted by molar-refractivity contribution is 5.77. The van der Waals surface area contributed by atoms with Gasteiger partial charge >= 0.3 is 0 Å². The molecule has 5 heteroatoms. The molecule has 0 aliphatic heterocycles. The van der Waals surface area contributed by atoms with E-state index in [0.29, 0.717) is 19.4 Å². The number of aryl methyl sites for hydroxylation is 1. The first kappa shape index (κ1) is 17.2. The largest absolute Gasteiger partial charge is 0.354 e. The lowest BCUT2D eigenvalue weighted by Crippen LogP contribution is -2.34. The average Bonchev–Trinajstić information content (AvgIpc) is 3.04. The van der Waals surface area contributed by atoms with Gasteiger partial charge in [-0.2, -0.15) is 0 Å². The van der Waals surface area contributed by atoms with Gasteiger partial charge in [-0.25, -0.2) is 4.98 Å². The fourth-order valence-corrected chi connectivity index (χ4v) is 2.93. The zero-order chi connectivity index (χ0) is 17.6. The summed E-state index contributed by atoms with van der Waals surface area (Å²) in [6.07, 6.45) is 1.03. The minimum atomic E-state index is 0.0447. The van der Waals surface area contributed by atoms with Crippen molar-refractivity contribution in [3.8, 4) is 0 Å². The summed E-state index contributed by atoms with van der Waals surface area (Å²) in [6.45, 7) is 0.593.